The van der Waals surface area contributed by atoms with Crippen LogP contribution in [0.25, 0.3) is 11.1 Å². The van der Waals surface area contributed by atoms with E-state index in [2.05, 4.69) is 35.7 Å². The fraction of sp³-hybridized carbons (Fsp3) is 0.0952. The van der Waals surface area contributed by atoms with Crippen LogP contribution in [0.4, 0.5) is 5.69 Å². The third kappa shape index (κ3) is 3.56. The average Bonchev–Trinajstić information content (AvgIpc) is 2.67. The second-order valence-corrected chi connectivity index (χ2v) is 5.44. The van der Waals surface area contributed by atoms with Gasteiger partial charge < -0.3 is 10.1 Å². The smallest absolute Gasteiger partial charge is 0.120 e. The van der Waals surface area contributed by atoms with E-state index in [1.165, 1.54) is 5.56 Å². The molecular weight excluding hydrogens is 296 g/mol. The number of nitriles is 1. The SMILES string of the molecule is COc1cccc(NCc2ccc(-c3ccccc3C#N)cc2)c1. The molecule has 0 heterocycles. The largest absolute Gasteiger partial charge is 0.497 e. The summed E-state index contributed by atoms with van der Waals surface area (Å²) < 4.78 is 5.23. The van der Waals surface area contributed by atoms with Crippen LogP contribution in [0.1, 0.15) is 11.1 Å². The van der Waals surface area contributed by atoms with Gasteiger partial charge in [0, 0.05) is 18.3 Å². The topological polar surface area (TPSA) is 45.0 Å². The van der Waals surface area contributed by atoms with Crippen LogP contribution in [-0.4, -0.2) is 7.11 Å². The van der Waals surface area contributed by atoms with Crippen molar-refractivity contribution in [2.75, 3.05) is 12.4 Å². The van der Waals surface area contributed by atoms with Crippen LogP contribution < -0.4 is 10.1 Å². The molecule has 0 aliphatic heterocycles. The zero-order chi connectivity index (χ0) is 16.8. The van der Waals surface area contributed by atoms with Gasteiger partial charge in [0.05, 0.1) is 18.7 Å². The number of benzene rings is 3. The van der Waals surface area contributed by atoms with Crippen molar-refractivity contribution < 1.29 is 4.74 Å². The summed E-state index contributed by atoms with van der Waals surface area (Å²) in [6, 6.07) is 26.0. The van der Waals surface area contributed by atoms with Crippen molar-refractivity contribution in [2.24, 2.45) is 0 Å². The van der Waals surface area contributed by atoms with Crippen molar-refractivity contribution in [1.82, 2.24) is 0 Å². The summed E-state index contributed by atoms with van der Waals surface area (Å²) in [7, 11) is 1.66. The van der Waals surface area contributed by atoms with Crippen molar-refractivity contribution in [3.63, 3.8) is 0 Å². The molecule has 118 valence electrons. The number of methoxy groups -OCH3 is 1. The van der Waals surface area contributed by atoms with Crippen LogP contribution in [0.15, 0.2) is 72.8 Å². The van der Waals surface area contributed by atoms with Crippen LogP contribution in [0.5, 0.6) is 5.75 Å². The summed E-state index contributed by atoms with van der Waals surface area (Å²) in [6.07, 6.45) is 0. The molecule has 0 saturated heterocycles. The summed E-state index contributed by atoms with van der Waals surface area (Å²) in [6.45, 7) is 0.730. The lowest BCUT2D eigenvalue weighted by molar-refractivity contribution is 0.415. The number of nitrogens with zero attached hydrogens (tertiary/aromatic N) is 1. The number of rotatable bonds is 5. The van der Waals surface area contributed by atoms with Gasteiger partial charge in [0.1, 0.15) is 5.75 Å². The molecule has 3 rings (SSSR count). The van der Waals surface area contributed by atoms with Crippen molar-refractivity contribution in [3.05, 3.63) is 83.9 Å². The molecule has 3 aromatic carbocycles. The molecule has 0 aromatic heterocycles. The number of hydrogen-bond acceptors (Lipinski definition) is 3. The second kappa shape index (κ2) is 7.34. The zero-order valence-electron chi connectivity index (χ0n) is 13.5. The van der Waals surface area contributed by atoms with E-state index in [1.807, 2.05) is 48.5 Å². The first-order valence-corrected chi connectivity index (χ1v) is 7.76. The summed E-state index contributed by atoms with van der Waals surface area (Å²) >= 11 is 0. The first kappa shape index (κ1) is 15.6. The van der Waals surface area contributed by atoms with Gasteiger partial charge in [-0.3, -0.25) is 0 Å². The minimum Gasteiger partial charge on any atom is -0.497 e. The molecule has 0 aliphatic carbocycles. The summed E-state index contributed by atoms with van der Waals surface area (Å²) in [5.74, 6) is 0.837. The zero-order valence-corrected chi connectivity index (χ0v) is 13.5. The lowest BCUT2D eigenvalue weighted by Crippen LogP contribution is -1.99. The van der Waals surface area contributed by atoms with E-state index in [4.69, 9.17) is 4.74 Å². The van der Waals surface area contributed by atoms with Gasteiger partial charge in [-0.2, -0.15) is 5.26 Å². The predicted molar refractivity (Wildman–Crippen MR) is 96.9 cm³/mol. The molecule has 3 nitrogen and oxygen atoms in total. The first-order chi connectivity index (χ1) is 11.8. The Morgan fingerprint density at radius 1 is 0.958 bits per heavy atom. The molecule has 0 atom stereocenters. The van der Waals surface area contributed by atoms with Gasteiger partial charge in [-0.1, -0.05) is 48.5 Å². The highest BCUT2D eigenvalue weighted by Gasteiger charge is 2.04. The predicted octanol–water partition coefficient (Wildman–Crippen LogP) is 4.85. The van der Waals surface area contributed by atoms with Gasteiger partial charge in [-0.15, -0.1) is 0 Å². The number of nitrogens with one attached hydrogen (secondary N) is 1. The molecule has 0 saturated carbocycles. The highest BCUT2D eigenvalue weighted by molar-refractivity contribution is 5.70. The molecule has 0 spiro atoms. The van der Waals surface area contributed by atoms with Crippen molar-refractivity contribution in [3.8, 4) is 22.9 Å². The Morgan fingerprint density at radius 2 is 1.75 bits per heavy atom. The standard InChI is InChI=1S/C21H18N2O/c1-24-20-7-4-6-19(13-20)23-15-16-9-11-17(12-10-16)21-8-3-2-5-18(21)14-22/h2-13,23H,15H2,1H3. The van der Waals surface area contributed by atoms with E-state index in [1.54, 1.807) is 7.11 Å². The van der Waals surface area contributed by atoms with Crippen LogP contribution in [0.2, 0.25) is 0 Å². The molecule has 0 radical (unpaired) electrons. The van der Waals surface area contributed by atoms with Gasteiger partial charge in [0.15, 0.2) is 0 Å². The monoisotopic (exact) mass is 314 g/mol. The van der Waals surface area contributed by atoms with Crippen molar-refractivity contribution in [2.45, 2.75) is 6.54 Å². The maximum Gasteiger partial charge on any atom is 0.120 e. The van der Waals surface area contributed by atoms with Crippen molar-refractivity contribution in [1.29, 1.82) is 5.26 Å². The Kier molecular flexibility index (Phi) is 4.78. The van der Waals surface area contributed by atoms with Gasteiger partial charge in [0.25, 0.3) is 0 Å². The maximum atomic E-state index is 9.22. The average molecular weight is 314 g/mol. The second-order valence-electron chi connectivity index (χ2n) is 5.44. The Labute approximate surface area is 142 Å². The molecule has 3 heteroatoms. The third-order valence-corrected chi connectivity index (χ3v) is 3.88. The highest BCUT2D eigenvalue weighted by Crippen LogP contribution is 2.24. The minimum absolute atomic E-state index is 0.694. The number of anilines is 1. The fourth-order valence-electron chi connectivity index (χ4n) is 2.57. The van der Waals surface area contributed by atoms with E-state index in [0.29, 0.717) is 5.56 Å². The van der Waals surface area contributed by atoms with Gasteiger partial charge in [-0.25, -0.2) is 0 Å². The molecule has 3 aromatic rings. The fourth-order valence-corrected chi connectivity index (χ4v) is 2.57. The van der Waals surface area contributed by atoms with Crippen LogP contribution in [-0.2, 0) is 6.54 Å². The van der Waals surface area contributed by atoms with Gasteiger partial charge in [-0.05, 0) is 34.9 Å². The van der Waals surface area contributed by atoms with E-state index in [0.717, 1.165) is 29.1 Å². The van der Waals surface area contributed by atoms with E-state index in [-0.39, 0.29) is 0 Å². The lowest BCUT2D eigenvalue weighted by Gasteiger charge is -2.09. The lowest BCUT2D eigenvalue weighted by atomic mass is 9.99. The molecule has 0 unspecified atom stereocenters. The molecule has 0 bridgehead atoms. The van der Waals surface area contributed by atoms with Crippen LogP contribution in [0.3, 0.4) is 0 Å². The molecule has 0 amide bonds. The summed E-state index contributed by atoms with van der Waals surface area (Å²) in [5.41, 5.74) is 4.91. The van der Waals surface area contributed by atoms with Crippen molar-refractivity contribution >= 4 is 5.69 Å². The summed E-state index contributed by atoms with van der Waals surface area (Å²) in [4.78, 5) is 0. The molecular formula is C21H18N2O. The van der Waals surface area contributed by atoms with E-state index >= 15 is 0 Å². The van der Waals surface area contributed by atoms with E-state index in [9.17, 15) is 5.26 Å². The molecule has 0 aliphatic rings. The van der Waals surface area contributed by atoms with Gasteiger partial charge >= 0.3 is 0 Å². The minimum atomic E-state index is 0.694. The normalized spacial score (nSPS) is 10.0. The van der Waals surface area contributed by atoms with E-state index < -0.39 is 0 Å². The third-order valence-electron chi connectivity index (χ3n) is 3.88. The Morgan fingerprint density at radius 3 is 2.50 bits per heavy atom. The molecule has 0 fully saturated rings. The molecule has 24 heavy (non-hydrogen) atoms. The Balaban J connectivity index is 1.72. The van der Waals surface area contributed by atoms with Gasteiger partial charge in [0.2, 0.25) is 0 Å². The first-order valence-electron chi connectivity index (χ1n) is 7.76. The Hall–Kier alpha value is -3.25. The highest BCUT2D eigenvalue weighted by atomic mass is 16.5. The summed E-state index contributed by atoms with van der Waals surface area (Å²) in [5, 5.41) is 12.6. The van der Waals surface area contributed by atoms with Crippen LogP contribution in [0, 0.1) is 11.3 Å². The molecule has 1 N–H and O–H groups in total. The van der Waals surface area contributed by atoms with Crippen LogP contribution >= 0.6 is 0 Å². The maximum absolute atomic E-state index is 9.22. The number of hydrogen-bond donors (Lipinski definition) is 1. The quantitative estimate of drug-likeness (QED) is 0.732. The Bertz CT molecular complexity index is 864. The number of ether oxygens (including phenoxy) is 1.